The summed E-state index contributed by atoms with van der Waals surface area (Å²) in [5, 5.41) is 13.6. The summed E-state index contributed by atoms with van der Waals surface area (Å²) in [5.41, 5.74) is 0.832. The Labute approximate surface area is 128 Å². The maximum atomic E-state index is 12.0. The van der Waals surface area contributed by atoms with Crippen LogP contribution in [0.3, 0.4) is 0 Å². The number of hydrogen-bond acceptors (Lipinski definition) is 5. The van der Waals surface area contributed by atoms with Crippen LogP contribution >= 0.6 is 0 Å². The molecule has 6 heteroatoms. The van der Waals surface area contributed by atoms with Gasteiger partial charge in [0.2, 0.25) is 5.69 Å². The zero-order chi connectivity index (χ0) is 16.3. The Balaban J connectivity index is 2.48. The third-order valence-corrected chi connectivity index (χ3v) is 3.18. The highest BCUT2D eigenvalue weighted by molar-refractivity contribution is 5.89. The number of esters is 1. The summed E-state index contributed by atoms with van der Waals surface area (Å²) in [7, 11) is 0. The fraction of sp³-hybridized carbons (Fsp3) is 0.312. The molecule has 0 unspecified atom stereocenters. The van der Waals surface area contributed by atoms with Crippen molar-refractivity contribution in [1.29, 1.82) is 0 Å². The number of hydrogen-bond donors (Lipinski definition) is 1. The van der Waals surface area contributed by atoms with E-state index in [9.17, 15) is 14.7 Å². The maximum Gasteiger partial charge on any atom is 0.362 e. The molecule has 0 spiro atoms. The van der Waals surface area contributed by atoms with Gasteiger partial charge >= 0.3 is 5.97 Å². The highest BCUT2D eigenvalue weighted by Gasteiger charge is 2.17. The topological polar surface area (TPSA) is 81.4 Å². The molecule has 1 heterocycles. The van der Waals surface area contributed by atoms with Gasteiger partial charge in [0, 0.05) is 6.07 Å². The van der Waals surface area contributed by atoms with E-state index in [4.69, 9.17) is 4.74 Å². The van der Waals surface area contributed by atoms with Crippen LogP contribution in [0.25, 0.3) is 5.69 Å². The molecular formula is C16H18N2O4. The Kier molecular flexibility index (Phi) is 4.60. The second-order valence-corrected chi connectivity index (χ2v) is 5.09. The van der Waals surface area contributed by atoms with E-state index in [0.29, 0.717) is 11.6 Å². The first-order chi connectivity index (χ1) is 10.4. The van der Waals surface area contributed by atoms with Crippen molar-refractivity contribution < 1.29 is 14.6 Å². The molecular weight excluding hydrogens is 284 g/mol. The van der Waals surface area contributed by atoms with Gasteiger partial charge in [0.05, 0.1) is 12.3 Å². The van der Waals surface area contributed by atoms with E-state index < -0.39 is 17.3 Å². The minimum atomic E-state index is -0.771. The number of aromatic hydroxyl groups is 1. The standard InChI is InChI=1S/C16H18N2O4/c1-4-22-16(21)15-13(19)9-14(20)18(17-15)12-7-5-11(6-8-12)10(2)3/h5-10,19H,4H2,1-3H3. The van der Waals surface area contributed by atoms with E-state index in [0.717, 1.165) is 16.3 Å². The van der Waals surface area contributed by atoms with Crippen molar-refractivity contribution in [2.24, 2.45) is 0 Å². The Morgan fingerprint density at radius 2 is 1.95 bits per heavy atom. The summed E-state index contributed by atoms with van der Waals surface area (Å²) in [4.78, 5) is 23.7. The molecule has 6 nitrogen and oxygen atoms in total. The molecule has 0 bridgehead atoms. The quantitative estimate of drug-likeness (QED) is 0.876. The van der Waals surface area contributed by atoms with Crippen molar-refractivity contribution in [1.82, 2.24) is 9.78 Å². The molecule has 0 radical (unpaired) electrons. The summed E-state index contributed by atoms with van der Waals surface area (Å²) >= 11 is 0. The number of nitrogens with zero attached hydrogens (tertiary/aromatic N) is 2. The molecule has 1 N–H and O–H groups in total. The highest BCUT2D eigenvalue weighted by atomic mass is 16.5. The number of benzene rings is 1. The smallest absolute Gasteiger partial charge is 0.362 e. The second kappa shape index (κ2) is 6.43. The zero-order valence-electron chi connectivity index (χ0n) is 12.7. The average molecular weight is 302 g/mol. The number of aromatic nitrogens is 2. The molecule has 116 valence electrons. The molecule has 22 heavy (non-hydrogen) atoms. The van der Waals surface area contributed by atoms with Crippen molar-refractivity contribution in [2.45, 2.75) is 26.7 Å². The number of carbonyl (C=O) groups excluding carboxylic acids is 1. The van der Waals surface area contributed by atoms with Crippen LogP contribution in [0, 0.1) is 0 Å². The van der Waals surface area contributed by atoms with Crippen molar-refractivity contribution >= 4 is 5.97 Å². The predicted molar refractivity (Wildman–Crippen MR) is 81.5 cm³/mol. The Morgan fingerprint density at radius 1 is 1.32 bits per heavy atom. The Morgan fingerprint density at radius 3 is 2.50 bits per heavy atom. The Bertz CT molecular complexity index is 733. The summed E-state index contributed by atoms with van der Waals surface area (Å²) in [5.74, 6) is -0.889. The lowest BCUT2D eigenvalue weighted by Gasteiger charge is -2.10. The van der Waals surface area contributed by atoms with Gasteiger partial charge < -0.3 is 9.84 Å². The van der Waals surface area contributed by atoms with Crippen LogP contribution in [0.4, 0.5) is 0 Å². The van der Waals surface area contributed by atoms with Crippen LogP contribution in [0.2, 0.25) is 0 Å². The predicted octanol–water partition coefficient (Wildman–Crippen LogP) is 2.24. The summed E-state index contributed by atoms with van der Waals surface area (Å²) in [6, 6.07) is 8.23. The van der Waals surface area contributed by atoms with Crippen LogP contribution in [-0.2, 0) is 4.74 Å². The molecule has 0 amide bonds. The molecule has 0 aliphatic carbocycles. The first kappa shape index (κ1) is 15.8. The highest BCUT2D eigenvalue weighted by Crippen LogP contribution is 2.17. The van der Waals surface area contributed by atoms with Crippen LogP contribution in [0.1, 0.15) is 42.7 Å². The van der Waals surface area contributed by atoms with E-state index in [2.05, 4.69) is 18.9 Å². The van der Waals surface area contributed by atoms with Gasteiger partial charge in [-0.2, -0.15) is 9.78 Å². The molecule has 0 aliphatic heterocycles. The molecule has 2 aromatic rings. The molecule has 0 atom stereocenters. The molecule has 0 saturated carbocycles. The molecule has 1 aromatic heterocycles. The van der Waals surface area contributed by atoms with Crippen molar-refractivity contribution in [2.75, 3.05) is 6.61 Å². The molecule has 0 aliphatic rings. The lowest BCUT2D eigenvalue weighted by atomic mass is 10.0. The van der Waals surface area contributed by atoms with E-state index in [1.54, 1.807) is 19.1 Å². The number of carbonyl (C=O) groups is 1. The van der Waals surface area contributed by atoms with Crippen molar-refractivity contribution in [3.63, 3.8) is 0 Å². The largest absolute Gasteiger partial charge is 0.505 e. The lowest BCUT2D eigenvalue weighted by Crippen LogP contribution is -2.23. The monoisotopic (exact) mass is 302 g/mol. The maximum absolute atomic E-state index is 12.0. The SMILES string of the molecule is CCOC(=O)c1nn(-c2ccc(C(C)C)cc2)c(=O)cc1O. The molecule has 1 aromatic carbocycles. The summed E-state index contributed by atoms with van der Waals surface area (Å²) in [6.07, 6.45) is 0. The molecule has 2 rings (SSSR count). The zero-order valence-corrected chi connectivity index (χ0v) is 12.7. The second-order valence-electron chi connectivity index (χ2n) is 5.09. The Hall–Kier alpha value is -2.63. The minimum absolute atomic E-state index is 0.155. The summed E-state index contributed by atoms with van der Waals surface area (Å²) in [6.45, 7) is 5.94. The summed E-state index contributed by atoms with van der Waals surface area (Å²) < 4.78 is 5.88. The number of rotatable bonds is 4. The average Bonchev–Trinajstić information content (AvgIpc) is 2.47. The van der Waals surface area contributed by atoms with E-state index >= 15 is 0 Å². The van der Waals surface area contributed by atoms with E-state index in [-0.39, 0.29) is 12.3 Å². The van der Waals surface area contributed by atoms with Gasteiger partial charge in [-0.1, -0.05) is 26.0 Å². The third-order valence-electron chi connectivity index (χ3n) is 3.18. The van der Waals surface area contributed by atoms with Crippen molar-refractivity contribution in [3.05, 3.63) is 51.9 Å². The number of ether oxygens (including phenoxy) is 1. The van der Waals surface area contributed by atoms with Crippen LogP contribution in [-0.4, -0.2) is 27.5 Å². The van der Waals surface area contributed by atoms with Crippen molar-refractivity contribution in [3.8, 4) is 11.4 Å². The van der Waals surface area contributed by atoms with Crippen LogP contribution < -0.4 is 5.56 Å². The van der Waals surface area contributed by atoms with Gasteiger partial charge in [0.15, 0.2) is 5.75 Å². The van der Waals surface area contributed by atoms with Gasteiger partial charge in [-0.05, 0) is 30.5 Å². The van der Waals surface area contributed by atoms with E-state index in [1.165, 1.54) is 0 Å². The molecule has 0 fully saturated rings. The van der Waals surface area contributed by atoms with Gasteiger partial charge in [-0.15, -0.1) is 0 Å². The van der Waals surface area contributed by atoms with Gasteiger partial charge in [-0.25, -0.2) is 4.79 Å². The van der Waals surface area contributed by atoms with Gasteiger partial charge in [0.1, 0.15) is 0 Å². The normalized spacial score (nSPS) is 10.7. The first-order valence-corrected chi connectivity index (χ1v) is 7.04. The fourth-order valence-corrected chi connectivity index (χ4v) is 1.98. The van der Waals surface area contributed by atoms with Crippen LogP contribution in [0.15, 0.2) is 35.1 Å². The van der Waals surface area contributed by atoms with Gasteiger partial charge in [0.25, 0.3) is 5.56 Å². The molecule has 0 saturated heterocycles. The van der Waals surface area contributed by atoms with Crippen LogP contribution in [0.5, 0.6) is 5.75 Å². The third kappa shape index (κ3) is 3.16. The van der Waals surface area contributed by atoms with E-state index in [1.807, 2.05) is 12.1 Å². The fourth-order valence-electron chi connectivity index (χ4n) is 1.98. The first-order valence-electron chi connectivity index (χ1n) is 7.04. The lowest BCUT2D eigenvalue weighted by molar-refractivity contribution is 0.0513. The minimum Gasteiger partial charge on any atom is -0.505 e. The van der Waals surface area contributed by atoms with Gasteiger partial charge in [-0.3, -0.25) is 4.79 Å².